The summed E-state index contributed by atoms with van der Waals surface area (Å²) >= 11 is 0. The van der Waals surface area contributed by atoms with Crippen LogP contribution in [0, 0.1) is 5.82 Å². The van der Waals surface area contributed by atoms with Crippen LogP contribution in [0.15, 0.2) is 42.6 Å². The Hall–Kier alpha value is -2.39. The van der Waals surface area contributed by atoms with Gasteiger partial charge in [-0.05, 0) is 23.8 Å². The largest absolute Gasteiger partial charge is 0.468 e. The topological polar surface area (TPSA) is 54.5 Å². The summed E-state index contributed by atoms with van der Waals surface area (Å²) in [7, 11) is 0. The molecule has 2 heterocycles. The predicted octanol–water partition coefficient (Wildman–Crippen LogP) is 3.37. The van der Waals surface area contributed by atoms with E-state index in [0.29, 0.717) is 25.2 Å². The first-order chi connectivity index (χ1) is 12.8. The van der Waals surface area contributed by atoms with Gasteiger partial charge in [0.25, 0.3) is 5.91 Å². The Bertz CT molecular complexity index is 802. The fourth-order valence-electron chi connectivity index (χ4n) is 2.87. The molecule has 10 heteroatoms. The number of pyridine rings is 1. The van der Waals surface area contributed by atoms with E-state index in [4.69, 9.17) is 0 Å². The van der Waals surface area contributed by atoms with Crippen LogP contribution in [0.2, 0.25) is 0 Å². The van der Waals surface area contributed by atoms with Gasteiger partial charge in [-0.3, -0.25) is 4.79 Å². The Balaban J connectivity index is 0.00000280. The smallest absolute Gasteiger partial charge is 0.422 e. The first kappa shape index (κ1) is 21.9. The highest BCUT2D eigenvalue weighted by Crippen LogP contribution is 2.25. The molecular formula is C18H18ClF4N3O2. The van der Waals surface area contributed by atoms with Gasteiger partial charge >= 0.3 is 6.18 Å². The van der Waals surface area contributed by atoms with Crippen LogP contribution in [0.5, 0.6) is 5.88 Å². The number of halogens is 5. The summed E-state index contributed by atoms with van der Waals surface area (Å²) in [6.07, 6.45) is -3.28. The molecule has 1 fully saturated rings. The summed E-state index contributed by atoms with van der Waals surface area (Å²) in [6.45, 7) is 0.00618. The van der Waals surface area contributed by atoms with Crippen LogP contribution in [-0.4, -0.2) is 48.2 Å². The third kappa shape index (κ3) is 5.56. The molecule has 1 unspecified atom stereocenters. The van der Waals surface area contributed by atoms with Crippen LogP contribution < -0.4 is 10.1 Å². The number of alkyl halides is 3. The Morgan fingerprint density at radius 3 is 2.71 bits per heavy atom. The van der Waals surface area contributed by atoms with E-state index in [1.807, 2.05) is 0 Å². The van der Waals surface area contributed by atoms with Crippen molar-refractivity contribution in [2.75, 3.05) is 26.2 Å². The van der Waals surface area contributed by atoms with Gasteiger partial charge in [0, 0.05) is 31.9 Å². The van der Waals surface area contributed by atoms with Gasteiger partial charge in [0.2, 0.25) is 5.88 Å². The molecule has 3 rings (SSSR count). The average molecular weight is 420 g/mol. The van der Waals surface area contributed by atoms with Gasteiger partial charge in [0.05, 0.1) is 11.6 Å². The monoisotopic (exact) mass is 419 g/mol. The SMILES string of the molecule is Cl.O=C(c1ccc(OCC(F)(F)F)nc1)N1CCNCC1c1cccc(F)c1. The number of carbonyl (C=O) groups is 1. The van der Waals surface area contributed by atoms with Crippen molar-refractivity contribution in [2.24, 2.45) is 0 Å². The maximum Gasteiger partial charge on any atom is 0.422 e. The normalized spacial score (nSPS) is 17.0. The summed E-state index contributed by atoms with van der Waals surface area (Å²) in [5.41, 5.74) is 0.881. The standard InChI is InChI=1S/C18H17F4N3O2.ClH/c19-14-3-1-2-12(8-14)15-10-23-6-7-25(15)17(26)13-4-5-16(24-9-13)27-11-18(20,21)22;/h1-5,8-9,15,23H,6-7,10-11H2;1H. The van der Waals surface area contributed by atoms with Crippen LogP contribution in [-0.2, 0) is 0 Å². The summed E-state index contributed by atoms with van der Waals surface area (Å²) < 4.78 is 54.6. The van der Waals surface area contributed by atoms with Crippen LogP contribution in [0.4, 0.5) is 17.6 Å². The zero-order valence-corrected chi connectivity index (χ0v) is 15.4. The van der Waals surface area contributed by atoms with E-state index in [9.17, 15) is 22.4 Å². The minimum atomic E-state index is -4.46. The molecule has 1 saturated heterocycles. The molecule has 0 aliphatic carbocycles. The highest BCUT2D eigenvalue weighted by atomic mass is 35.5. The molecule has 2 aromatic rings. The lowest BCUT2D eigenvalue weighted by Gasteiger charge is -2.36. The predicted molar refractivity (Wildman–Crippen MR) is 96.1 cm³/mol. The van der Waals surface area contributed by atoms with Crippen LogP contribution in [0.25, 0.3) is 0 Å². The lowest BCUT2D eigenvalue weighted by molar-refractivity contribution is -0.154. The molecule has 1 amide bonds. The second-order valence-electron chi connectivity index (χ2n) is 6.06. The number of rotatable bonds is 4. The Kier molecular flexibility index (Phi) is 7.20. The lowest BCUT2D eigenvalue weighted by atomic mass is 10.0. The van der Waals surface area contributed by atoms with Crippen molar-refractivity contribution < 1.29 is 27.1 Å². The van der Waals surface area contributed by atoms with Crippen molar-refractivity contribution in [1.82, 2.24) is 15.2 Å². The molecule has 0 saturated carbocycles. The summed E-state index contributed by atoms with van der Waals surface area (Å²) in [5, 5.41) is 3.17. The van der Waals surface area contributed by atoms with Gasteiger partial charge in [-0.1, -0.05) is 12.1 Å². The summed E-state index contributed by atoms with van der Waals surface area (Å²) in [4.78, 5) is 18.2. The first-order valence-corrected chi connectivity index (χ1v) is 8.26. The molecule has 1 aliphatic rings. The molecule has 1 aromatic carbocycles. The zero-order chi connectivity index (χ0) is 19.4. The molecule has 1 aliphatic heterocycles. The number of carbonyl (C=O) groups excluding carboxylic acids is 1. The third-order valence-electron chi connectivity index (χ3n) is 4.10. The minimum Gasteiger partial charge on any atom is -0.468 e. The number of hydrogen-bond donors (Lipinski definition) is 1. The van der Waals surface area contributed by atoms with Gasteiger partial charge < -0.3 is 15.0 Å². The van der Waals surface area contributed by atoms with Crippen LogP contribution in [0.1, 0.15) is 22.0 Å². The maximum absolute atomic E-state index is 13.5. The highest BCUT2D eigenvalue weighted by molar-refractivity contribution is 5.94. The summed E-state index contributed by atoms with van der Waals surface area (Å²) in [6, 6.07) is 8.26. The summed E-state index contributed by atoms with van der Waals surface area (Å²) in [5.74, 6) is -0.940. The maximum atomic E-state index is 13.5. The second-order valence-corrected chi connectivity index (χ2v) is 6.06. The molecule has 1 N–H and O–H groups in total. The molecule has 28 heavy (non-hydrogen) atoms. The van der Waals surface area contributed by atoms with Gasteiger partial charge in [-0.15, -0.1) is 12.4 Å². The number of amides is 1. The zero-order valence-electron chi connectivity index (χ0n) is 14.6. The minimum absolute atomic E-state index is 0. The molecule has 1 atom stereocenters. The molecule has 152 valence electrons. The van der Waals surface area contributed by atoms with E-state index >= 15 is 0 Å². The fraction of sp³-hybridized carbons (Fsp3) is 0.333. The van der Waals surface area contributed by atoms with E-state index < -0.39 is 18.6 Å². The molecule has 1 aromatic heterocycles. The van der Waals surface area contributed by atoms with E-state index in [1.54, 1.807) is 17.0 Å². The Morgan fingerprint density at radius 2 is 2.07 bits per heavy atom. The van der Waals surface area contributed by atoms with E-state index in [-0.39, 0.29) is 35.8 Å². The van der Waals surface area contributed by atoms with Crippen molar-refractivity contribution >= 4 is 18.3 Å². The average Bonchev–Trinajstić information content (AvgIpc) is 2.66. The second kappa shape index (κ2) is 9.20. The van der Waals surface area contributed by atoms with Crippen LogP contribution >= 0.6 is 12.4 Å². The van der Waals surface area contributed by atoms with E-state index in [1.165, 1.54) is 30.5 Å². The van der Waals surface area contributed by atoms with Gasteiger partial charge in [0.1, 0.15) is 5.82 Å². The quantitative estimate of drug-likeness (QED) is 0.772. The third-order valence-corrected chi connectivity index (χ3v) is 4.10. The number of piperazine rings is 1. The molecule has 0 spiro atoms. The number of benzene rings is 1. The van der Waals surface area contributed by atoms with Gasteiger partial charge in [-0.2, -0.15) is 13.2 Å². The van der Waals surface area contributed by atoms with E-state index in [0.717, 1.165) is 0 Å². The number of nitrogens with zero attached hydrogens (tertiary/aromatic N) is 2. The van der Waals surface area contributed by atoms with Crippen LogP contribution in [0.3, 0.4) is 0 Å². The number of aromatic nitrogens is 1. The van der Waals surface area contributed by atoms with Gasteiger partial charge in [0.15, 0.2) is 6.61 Å². The highest BCUT2D eigenvalue weighted by Gasteiger charge is 2.30. The van der Waals surface area contributed by atoms with Crippen molar-refractivity contribution in [3.05, 3.63) is 59.5 Å². The molecule has 0 bridgehead atoms. The molecular weight excluding hydrogens is 402 g/mol. The van der Waals surface area contributed by atoms with E-state index in [2.05, 4.69) is 15.0 Å². The fourth-order valence-corrected chi connectivity index (χ4v) is 2.87. The van der Waals surface area contributed by atoms with Gasteiger partial charge in [-0.25, -0.2) is 9.37 Å². The molecule has 0 radical (unpaired) electrons. The lowest BCUT2D eigenvalue weighted by Crippen LogP contribution is -2.48. The number of hydrogen-bond acceptors (Lipinski definition) is 4. The van der Waals surface area contributed by atoms with Crippen molar-refractivity contribution in [3.63, 3.8) is 0 Å². The van der Waals surface area contributed by atoms with Crippen molar-refractivity contribution in [1.29, 1.82) is 0 Å². The van der Waals surface area contributed by atoms with Crippen molar-refractivity contribution in [2.45, 2.75) is 12.2 Å². The van der Waals surface area contributed by atoms with Crippen molar-refractivity contribution in [3.8, 4) is 5.88 Å². The molecule has 5 nitrogen and oxygen atoms in total. The Labute approximate surface area is 165 Å². The number of nitrogens with one attached hydrogen (secondary N) is 1. The first-order valence-electron chi connectivity index (χ1n) is 8.26. The Morgan fingerprint density at radius 1 is 1.29 bits per heavy atom. The number of ether oxygens (including phenoxy) is 1.